The maximum absolute atomic E-state index is 14.2. The Labute approximate surface area is 131 Å². The first kappa shape index (κ1) is 15.1. The molecule has 0 amide bonds. The number of nitrogens with one attached hydrogen (secondary N) is 1. The summed E-state index contributed by atoms with van der Waals surface area (Å²) in [6.45, 7) is 0. The van der Waals surface area contributed by atoms with Crippen molar-refractivity contribution in [1.29, 1.82) is 0 Å². The second-order valence-corrected chi connectivity index (χ2v) is 5.15. The molecule has 1 unspecified atom stereocenters. The maximum Gasteiger partial charge on any atom is 0.135 e. The minimum Gasteiger partial charge on any atom is -0.371 e. The standard InChI is InChI=1S/C17H14F3N3/c1-23-7-6-21-17(23)16(14-4-2-3-5-15(14)20)22-13-9-11(18)8-12(19)10-13/h2-10,16,22H,1H3. The summed E-state index contributed by atoms with van der Waals surface area (Å²) < 4.78 is 42.7. The van der Waals surface area contributed by atoms with Crippen molar-refractivity contribution in [3.05, 3.63) is 83.7 Å². The van der Waals surface area contributed by atoms with Crippen LogP contribution in [0.1, 0.15) is 17.4 Å². The van der Waals surface area contributed by atoms with Crippen LogP contribution in [0.3, 0.4) is 0 Å². The van der Waals surface area contributed by atoms with Gasteiger partial charge in [0.25, 0.3) is 0 Å². The molecule has 2 aromatic carbocycles. The van der Waals surface area contributed by atoms with Gasteiger partial charge in [-0.3, -0.25) is 0 Å². The summed E-state index contributed by atoms with van der Waals surface area (Å²) in [4.78, 5) is 4.22. The molecular formula is C17H14F3N3. The van der Waals surface area contributed by atoms with E-state index in [1.54, 1.807) is 42.2 Å². The molecule has 3 rings (SSSR count). The van der Waals surface area contributed by atoms with E-state index in [1.165, 1.54) is 6.07 Å². The molecule has 0 aliphatic heterocycles. The molecular weight excluding hydrogens is 303 g/mol. The van der Waals surface area contributed by atoms with Gasteiger partial charge in [0.1, 0.15) is 29.3 Å². The third-order valence-electron chi connectivity index (χ3n) is 3.51. The number of rotatable bonds is 4. The fourth-order valence-corrected chi connectivity index (χ4v) is 2.45. The first-order valence-electron chi connectivity index (χ1n) is 6.99. The second-order valence-electron chi connectivity index (χ2n) is 5.15. The van der Waals surface area contributed by atoms with Crippen molar-refractivity contribution < 1.29 is 13.2 Å². The molecule has 0 saturated heterocycles. The summed E-state index contributed by atoms with van der Waals surface area (Å²) in [5.41, 5.74) is 0.547. The molecule has 1 heterocycles. The maximum atomic E-state index is 14.2. The average Bonchev–Trinajstić information content (AvgIpc) is 2.91. The molecule has 1 aromatic heterocycles. The Kier molecular flexibility index (Phi) is 4.06. The highest BCUT2D eigenvalue weighted by Crippen LogP contribution is 2.28. The van der Waals surface area contributed by atoms with E-state index in [2.05, 4.69) is 10.3 Å². The SMILES string of the molecule is Cn1ccnc1C(Nc1cc(F)cc(F)c1)c1ccccc1F. The highest BCUT2D eigenvalue weighted by Gasteiger charge is 2.21. The zero-order chi connectivity index (χ0) is 16.4. The number of hydrogen-bond acceptors (Lipinski definition) is 2. The van der Waals surface area contributed by atoms with Crippen molar-refractivity contribution in [3.63, 3.8) is 0 Å². The Morgan fingerprint density at radius 2 is 1.74 bits per heavy atom. The van der Waals surface area contributed by atoms with Crippen molar-refractivity contribution in [1.82, 2.24) is 9.55 Å². The van der Waals surface area contributed by atoms with Crippen LogP contribution < -0.4 is 5.32 Å². The van der Waals surface area contributed by atoms with Gasteiger partial charge in [-0.15, -0.1) is 0 Å². The van der Waals surface area contributed by atoms with Crippen LogP contribution in [0.4, 0.5) is 18.9 Å². The topological polar surface area (TPSA) is 29.9 Å². The van der Waals surface area contributed by atoms with E-state index in [-0.39, 0.29) is 5.69 Å². The van der Waals surface area contributed by atoms with Gasteiger partial charge >= 0.3 is 0 Å². The summed E-state index contributed by atoms with van der Waals surface area (Å²) in [6.07, 6.45) is 3.30. The van der Waals surface area contributed by atoms with E-state index in [0.29, 0.717) is 11.4 Å². The predicted octanol–water partition coefficient (Wildman–Crippen LogP) is 4.04. The monoisotopic (exact) mass is 317 g/mol. The number of hydrogen-bond donors (Lipinski definition) is 1. The number of aromatic nitrogens is 2. The Hall–Kier alpha value is -2.76. The molecule has 23 heavy (non-hydrogen) atoms. The van der Waals surface area contributed by atoms with E-state index in [0.717, 1.165) is 18.2 Å². The summed E-state index contributed by atoms with van der Waals surface area (Å²) in [5.74, 6) is -1.32. The van der Waals surface area contributed by atoms with Crippen LogP contribution in [0.15, 0.2) is 54.9 Å². The predicted molar refractivity (Wildman–Crippen MR) is 81.4 cm³/mol. The normalized spacial score (nSPS) is 12.2. The van der Waals surface area contributed by atoms with Gasteiger partial charge in [-0.25, -0.2) is 18.2 Å². The molecule has 0 aliphatic rings. The van der Waals surface area contributed by atoms with Crippen molar-refractivity contribution in [2.24, 2.45) is 7.05 Å². The van der Waals surface area contributed by atoms with Gasteiger partial charge in [0.2, 0.25) is 0 Å². The van der Waals surface area contributed by atoms with E-state index in [4.69, 9.17) is 0 Å². The van der Waals surface area contributed by atoms with Crippen LogP contribution in [0.5, 0.6) is 0 Å². The number of halogens is 3. The lowest BCUT2D eigenvalue weighted by Crippen LogP contribution is -2.18. The molecule has 0 saturated carbocycles. The molecule has 3 nitrogen and oxygen atoms in total. The van der Waals surface area contributed by atoms with Crippen molar-refractivity contribution in [2.75, 3.05) is 5.32 Å². The lowest BCUT2D eigenvalue weighted by atomic mass is 10.0. The number of anilines is 1. The third-order valence-corrected chi connectivity index (χ3v) is 3.51. The molecule has 3 aromatic rings. The highest BCUT2D eigenvalue weighted by atomic mass is 19.1. The Morgan fingerprint density at radius 3 is 2.35 bits per heavy atom. The molecule has 118 valence electrons. The fourth-order valence-electron chi connectivity index (χ4n) is 2.45. The van der Waals surface area contributed by atoms with Crippen molar-refractivity contribution in [3.8, 4) is 0 Å². The molecule has 0 bridgehead atoms. The van der Waals surface area contributed by atoms with Crippen LogP contribution in [0, 0.1) is 17.5 Å². The second kappa shape index (κ2) is 6.16. The van der Waals surface area contributed by atoms with E-state index < -0.39 is 23.5 Å². The van der Waals surface area contributed by atoms with E-state index in [9.17, 15) is 13.2 Å². The van der Waals surface area contributed by atoms with E-state index >= 15 is 0 Å². The average molecular weight is 317 g/mol. The molecule has 6 heteroatoms. The molecule has 0 radical (unpaired) electrons. The summed E-state index contributed by atoms with van der Waals surface area (Å²) in [7, 11) is 1.77. The molecule has 1 atom stereocenters. The molecule has 0 fully saturated rings. The van der Waals surface area contributed by atoms with Gasteiger partial charge in [-0.05, 0) is 18.2 Å². The van der Waals surface area contributed by atoms with E-state index in [1.807, 2.05) is 0 Å². The van der Waals surface area contributed by atoms with Crippen LogP contribution in [0.25, 0.3) is 0 Å². The number of nitrogens with zero attached hydrogens (tertiary/aromatic N) is 2. The lowest BCUT2D eigenvalue weighted by Gasteiger charge is -2.21. The number of benzene rings is 2. The van der Waals surface area contributed by atoms with Gasteiger partial charge < -0.3 is 9.88 Å². The summed E-state index contributed by atoms with van der Waals surface area (Å²) >= 11 is 0. The van der Waals surface area contributed by atoms with Crippen molar-refractivity contribution >= 4 is 5.69 Å². The molecule has 0 spiro atoms. The Balaban J connectivity index is 2.06. The summed E-state index contributed by atoms with van der Waals surface area (Å²) in [5, 5.41) is 2.96. The molecule has 1 N–H and O–H groups in total. The zero-order valence-corrected chi connectivity index (χ0v) is 12.3. The minimum absolute atomic E-state index is 0.207. The fraction of sp³-hybridized carbons (Fsp3) is 0.118. The lowest BCUT2D eigenvalue weighted by molar-refractivity contribution is 0.582. The largest absolute Gasteiger partial charge is 0.371 e. The smallest absolute Gasteiger partial charge is 0.135 e. The number of aryl methyl sites for hydroxylation is 1. The van der Waals surface area contributed by atoms with Crippen LogP contribution >= 0.6 is 0 Å². The first-order valence-corrected chi connectivity index (χ1v) is 6.99. The Morgan fingerprint density at radius 1 is 1.04 bits per heavy atom. The third kappa shape index (κ3) is 3.21. The number of imidazole rings is 1. The minimum atomic E-state index is -0.709. The van der Waals surface area contributed by atoms with Crippen LogP contribution in [-0.4, -0.2) is 9.55 Å². The summed E-state index contributed by atoms with van der Waals surface area (Å²) in [6, 6.07) is 8.62. The van der Waals surface area contributed by atoms with Crippen LogP contribution in [-0.2, 0) is 7.05 Å². The first-order chi connectivity index (χ1) is 11.0. The van der Waals surface area contributed by atoms with Gasteiger partial charge in [0.05, 0.1) is 0 Å². The molecule has 0 aliphatic carbocycles. The highest BCUT2D eigenvalue weighted by molar-refractivity contribution is 5.48. The Bertz CT molecular complexity index is 809. The van der Waals surface area contributed by atoms with Crippen molar-refractivity contribution in [2.45, 2.75) is 6.04 Å². The van der Waals surface area contributed by atoms with Gasteiger partial charge in [-0.2, -0.15) is 0 Å². The zero-order valence-electron chi connectivity index (χ0n) is 12.3. The quantitative estimate of drug-likeness (QED) is 0.787. The van der Waals surface area contributed by atoms with Crippen LogP contribution in [0.2, 0.25) is 0 Å². The van der Waals surface area contributed by atoms with Gasteiger partial charge in [-0.1, -0.05) is 18.2 Å². The van der Waals surface area contributed by atoms with Gasteiger partial charge in [0, 0.05) is 36.8 Å². The van der Waals surface area contributed by atoms with Gasteiger partial charge in [0.15, 0.2) is 0 Å².